The Morgan fingerprint density at radius 2 is 1.95 bits per heavy atom. The number of benzene rings is 1. The Labute approximate surface area is 109 Å². The van der Waals surface area contributed by atoms with Crippen LogP contribution in [0, 0.1) is 0 Å². The van der Waals surface area contributed by atoms with Crippen LogP contribution in [0.2, 0.25) is 0 Å². The minimum Gasteiger partial charge on any atom is -0.493 e. The van der Waals surface area contributed by atoms with Crippen molar-refractivity contribution < 1.29 is 27.4 Å². The molecule has 19 heavy (non-hydrogen) atoms. The van der Waals surface area contributed by atoms with E-state index in [2.05, 4.69) is 4.74 Å². The van der Waals surface area contributed by atoms with Gasteiger partial charge in [0.25, 0.3) is 0 Å². The van der Waals surface area contributed by atoms with Gasteiger partial charge in [-0.3, -0.25) is 4.79 Å². The largest absolute Gasteiger partial charge is 0.493 e. The second-order valence-electron chi connectivity index (χ2n) is 3.85. The van der Waals surface area contributed by atoms with E-state index in [0.717, 1.165) is 6.92 Å². The van der Waals surface area contributed by atoms with Crippen LogP contribution in [-0.2, 0) is 4.74 Å². The monoisotopic (exact) mass is 276 g/mol. The van der Waals surface area contributed by atoms with E-state index >= 15 is 0 Å². The molecule has 0 aliphatic rings. The Morgan fingerprint density at radius 3 is 2.53 bits per heavy atom. The lowest BCUT2D eigenvalue weighted by molar-refractivity contribution is -0.210. The average Bonchev–Trinajstić information content (AvgIpc) is 2.35. The van der Waals surface area contributed by atoms with Crippen molar-refractivity contribution in [2.75, 3.05) is 13.2 Å². The van der Waals surface area contributed by atoms with Gasteiger partial charge in [-0.1, -0.05) is 12.1 Å². The maximum atomic E-state index is 12.2. The molecule has 106 valence electrons. The number of Topliss-reactive ketones (excluding diaryl/α,β-unsaturated/α-hetero) is 1. The Balaban J connectivity index is 2.69. The van der Waals surface area contributed by atoms with Crippen LogP contribution in [0.4, 0.5) is 13.2 Å². The van der Waals surface area contributed by atoms with E-state index < -0.39 is 24.7 Å². The normalized spacial score (nSPS) is 13.1. The van der Waals surface area contributed by atoms with Crippen molar-refractivity contribution in [1.82, 2.24) is 0 Å². The molecule has 1 aromatic rings. The smallest absolute Gasteiger partial charge is 0.414 e. The Hall–Kier alpha value is -1.56. The van der Waals surface area contributed by atoms with Crippen LogP contribution >= 0.6 is 0 Å². The summed E-state index contributed by atoms with van der Waals surface area (Å²) in [5.41, 5.74) is 0.221. The van der Waals surface area contributed by atoms with Crippen LogP contribution in [-0.4, -0.2) is 31.3 Å². The van der Waals surface area contributed by atoms with E-state index in [9.17, 15) is 18.0 Å². The predicted molar refractivity (Wildman–Crippen MR) is 63.4 cm³/mol. The highest BCUT2D eigenvalue weighted by atomic mass is 19.4. The fourth-order valence-electron chi connectivity index (χ4n) is 1.35. The first-order valence-corrected chi connectivity index (χ1v) is 5.79. The molecule has 0 saturated carbocycles. The van der Waals surface area contributed by atoms with Crippen LogP contribution < -0.4 is 4.74 Å². The third-order valence-corrected chi connectivity index (χ3v) is 2.41. The van der Waals surface area contributed by atoms with Gasteiger partial charge in [-0.2, -0.15) is 13.2 Å². The summed E-state index contributed by atoms with van der Waals surface area (Å²) in [7, 11) is 0. The fraction of sp³-hybridized carbons (Fsp3) is 0.462. The number of carbonyl (C=O) groups excluding carboxylic acids is 1. The molecule has 0 radical (unpaired) electrons. The number of carbonyl (C=O) groups is 1. The maximum Gasteiger partial charge on any atom is 0.414 e. The highest BCUT2D eigenvalue weighted by Crippen LogP contribution is 2.23. The van der Waals surface area contributed by atoms with E-state index in [1.54, 1.807) is 25.1 Å². The lowest BCUT2D eigenvalue weighted by Crippen LogP contribution is -2.30. The SMILES string of the molecule is CCOc1ccccc1C(=O)COC(C)C(F)(F)F. The van der Waals surface area contributed by atoms with Gasteiger partial charge in [-0.05, 0) is 26.0 Å². The highest BCUT2D eigenvalue weighted by molar-refractivity contribution is 5.99. The van der Waals surface area contributed by atoms with Gasteiger partial charge in [0.2, 0.25) is 0 Å². The highest BCUT2D eigenvalue weighted by Gasteiger charge is 2.37. The topological polar surface area (TPSA) is 35.5 Å². The first-order chi connectivity index (χ1) is 8.86. The second-order valence-corrected chi connectivity index (χ2v) is 3.85. The molecule has 0 aliphatic heterocycles. The Kier molecular flexibility index (Phi) is 5.35. The van der Waals surface area contributed by atoms with E-state index in [-0.39, 0.29) is 5.56 Å². The fourth-order valence-corrected chi connectivity index (χ4v) is 1.35. The van der Waals surface area contributed by atoms with Crippen molar-refractivity contribution >= 4 is 5.78 Å². The van der Waals surface area contributed by atoms with E-state index in [1.165, 1.54) is 6.07 Å². The van der Waals surface area contributed by atoms with Gasteiger partial charge in [-0.15, -0.1) is 0 Å². The van der Waals surface area contributed by atoms with Crippen molar-refractivity contribution in [3.05, 3.63) is 29.8 Å². The van der Waals surface area contributed by atoms with Gasteiger partial charge >= 0.3 is 6.18 Å². The first kappa shape index (κ1) is 15.5. The molecule has 0 saturated heterocycles. The molecule has 0 N–H and O–H groups in total. The molecule has 1 rings (SSSR count). The molecule has 6 heteroatoms. The summed E-state index contributed by atoms with van der Waals surface area (Å²) in [6, 6.07) is 6.38. The summed E-state index contributed by atoms with van der Waals surface area (Å²) in [4.78, 5) is 11.8. The number of halogens is 3. The zero-order chi connectivity index (χ0) is 14.5. The van der Waals surface area contributed by atoms with Crippen LogP contribution in [0.25, 0.3) is 0 Å². The average molecular weight is 276 g/mol. The summed E-state index contributed by atoms with van der Waals surface area (Å²) in [6.45, 7) is 2.35. The molecule has 0 bridgehead atoms. The summed E-state index contributed by atoms with van der Waals surface area (Å²) < 4.78 is 46.5. The molecule has 0 fully saturated rings. The molecular weight excluding hydrogens is 261 g/mol. The third-order valence-electron chi connectivity index (χ3n) is 2.41. The summed E-state index contributed by atoms with van der Waals surface area (Å²) in [5.74, 6) is -0.196. The summed E-state index contributed by atoms with van der Waals surface area (Å²) in [5, 5.41) is 0. The number of para-hydroxylation sites is 1. The maximum absolute atomic E-state index is 12.2. The minimum atomic E-state index is -4.47. The lowest BCUT2D eigenvalue weighted by atomic mass is 10.1. The van der Waals surface area contributed by atoms with Crippen LogP contribution in [0.1, 0.15) is 24.2 Å². The molecule has 0 amide bonds. The van der Waals surface area contributed by atoms with Crippen LogP contribution in [0.15, 0.2) is 24.3 Å². The Bertz CT molecular complexity index is 429. The quantitative estimate of drug-likeness (QED) is 0.748. The number of rotatable bonds is 6. The van der Waals surface area contributed by atoms with Gasteiger partial charge in [0.05, 0.1) is 12.2 Å². The predicted octanol–water partition coefficient (Wildman–Crippen LogP) is 3.24. The first-order valence-electron chi connectivity index (χ1n) is 5.79. The van der Waals surface area contributed by atoms with Gasteiger partial charge in [0, 0.05) is 0 Å². The summed E-state index contributed by atoms with van der Waals surface area (Å²) >= 11 is 0. The van der Waals surface area contributed by atoms with Crippen molar-refractivity contribution in [1.29, 1.82) is 0 Å². The van der Waals surface area contributed by atoms with E-state index in [1.807, 2.05) is 0 Å². The molecular formula is C13H15F3O3. The number of ether oxygens (including phenoxy) is 2. The molecule has 3 nitrogen and oxygen atoms in total. The second kappa shape index (κ2) is 6.56. The Morgan fingerprint density at radius 1 is 1.32 bits per heavy atom. The number of alkyl halides is 3. The van der Waals surface area contributed by atoms with Gasteiger partial charge in [-0.25, -0.2) is 0 Å². The van der Waals surface area contributed by atoms with Crippen LogP contribution in [0.3, 0.4) is 0 Å². The molecule has 1 unspecified atom stereocenters. The number of hydrogen-bond donors (Lipinski definition) is 0. The molecule has 0 spiro atoms. The van der Waals surface area contributed by atoms with E-state index in [4.69, 9.17) is 4.74 Å². The molecule has 0 aromatic heterocycles. The molecule has 0 aliphatic carbocycles. The van der Waals surface area contributed by atoms with Crippen molar-refractivity contribution in [3.8, 4) is 5.75 Å². The minimum absolute atomic E-state index is 0.221. The van der Waals surface area contributed by atoms with Crippen LogP contribution in [0.5, 0.6) is 5.75 Å². The standard InChI is InChI=1S/C13H15F3O3/c1-3-18-12-7-5-4-6-10(12)11(17)8-19-9(2)13(14,15)16/h4-7,9H,3,8H2,1-2H3. The molecule has 1 aromatic carbocycles. The van der Waals surface area contributed by atoms with Crippen molar-refractivity contribution in [3.63, 3.8) is 0 Å². The number of ketones is 1. The van der Waals surface area contributed by atoms with Gasteiger partial charge < -0.3 is 9.47 Å². The molecule has 1 atom stereocenters. The van der Waals surface area contributed by atoms with E-state index in [0.29, 0.717) is 12.4 Å². The van der Waals surface area contributed by atoms with Crippen molar-refractivity contribution in [2.24, 2.45) is 0 Å². The summed E-state index contributed by atoms with van der Waals surface area (Å²) in [6.07, 6.45) is -6.45. The zero-order valence-corrected chi connectivity index (χ0v) is 10.7. The zero-order valence-electron chi connectivity index (χ0n) is 10.7. The van der Waals surface area contributed by atoms with Gasteiger partial charge in [0.15, 0.2) is 11.9 Å². The third kappa shape index (κ3) is 4.55. The van der Waals surface area contributed by atoms with Gasteiger partial charge in [0.1, 0.15) is 12.4 Å². The number of hydrogen-bond acceptors (Lipinski definition) is 3. The molecule has 0 heterocycles. The van der Waals surface area contributed by atoms with Crippen molar-refractivity contribution in [2.45, 2.75) is 26.1 Å². The lowest BCUT2D eigenvalue weighted by Gasteiger charge is -2.16.